The van der Waals surface area contributed by atoms with E-state index in [1.807, 2.05) is 12.1 Å². The van der Waals surface area contributed by atoms with Crippen molar-refractivity contribution in [3.8, 4) is 11.6 Å². The van der Waals surface area contributed by atoms with Crippen molar-refractivity contribution in [3.63, 3.8) is 0 Å². The monoisotopic (exact) mass is 403 g/mol. The first kappa shape index (κ1) is 17.4. The lowest BCUT2D eigenvalue weighted by Crippen LogP contribution is -2.44. The van der Waals surface area contributed by atoms with Crippen LogP contribution >= 0.6 is 15.9 Å². The molecule has 2 N–H and O–H groups in total. The van der Waals surface area contributed by atoms with E-state index in [0.717, 1.165) is 10.9 Å². The van der Waals surface area contributed by atoms with Crippen molar-refractivity contribution in [1.29, 1.82) is 0 Å². The molecular weight excluding hydrogens is 386 g/mol. The molecule has 25 heavy (non-hydrogen) atoms. The van der Waals surface area contributed by atoms with Crippen LogP contribution in [0.15, 0.2) is 47.1 Å². The molecule has 0 saturated carbocycles. The fourth-order valence-electron chi connectivity index (χ4n) is 2.81. The maximum atomic E-state index is 12.9. The van der Waals surface area contributed by atoms with Gasteiger partial charge in [0.1, 0.15) is 11.3 Å². The van der Waals surface area contributed by atoms with Crippen molar-refractivity contribution >= 4 is 27.7 Å². The minimum absolute atomic E-state index is 0.203. The molecule has 1 aromatic carbocycles. The molecule has 1 aliphatic rings. The van der Waals surface area contributed by atoms with Crippen LogP contribution in [-0.2, 0) is 4.79 Å². The normalized spacial score (nSPS) is 17.2. The van der Waals surface area contributed by atoms with Crippen LogP contribution in [0.1, 0.15) is 23.2 Å². The van der Waals surface area contributed by atoms with Gasteiger partial charge in [-0.05, 0) is 49.2 Å². The number of hydrogen-bond donors (Lipinski definition) is 1. The largest absolute Gasteiger partial charge is 0.438 e. The van der Waals surface area contributed by atoms with E-state index in [9.17, 15) is 9.59 Å². The minimum atomic E-state index is -0.366. The molecule has 2 heterocycles. The lowest BCUT2D eigenvalue weighted by Gasteiger charge is -2.31. The van der Waals surface area contributed by atoms with E-state index in [1.165, 1.54) is 0 Å². The van der Waals surface area contributed by atoms with E-state index < -0.39 is 0 Å². The summed E-state index contributed by atoms with van der Waals surface area (Å²) in [5, 5.41) is 0. The molecule has 1 aliphatic heterocycles. The average Bonchev–Trinajstić information content (AvgIpc) is 2.63. The summed E-state index contributed by atoms with van der Waals surface area (Å²) in [5.41, 5.74) is 5.77. The predicted molar refractivity (Wildman–Crippen MR) is 96.3 cm³/mol. The summed E-state index contributed by atoms with van der Waals surface area (Å²) < 4.78 is 6.71. The molecule has 6 nitrogen and oxygen atoms in total. The molecule has 1 unspecified atom stereocenters. The number of rotatable bonds is 4. The van der Waals surface area contributed by atoms with Crippen LogP contribution in [0.5, 0.6) is 11.6 Å². The highest BCUT2D eigenvalue weighted by Crippen LogP contribution is 2.27. The molecule has 130 valence electrons. The zero-order valence-electron chi connectivity index (χ0n) is 13.5. The van der Waals surface area contributed by atoms with E-state index in [0.29, 0.717) is 30.8 Å². The standard InChI is InChI=1S/C18H18BrN3O3/c19-13-5-7-14(8-6-13)25-17-15(4-1-9-21-17)18(24)22-10-2-3-12(11-22)16(20)23/h1,4-9,12H,2-3,10-11H2,(H2,20,23). The Labute approximate surface area is 154 Å². The van der Waals surface area contributed by atoms with Gasteiger partial charge in [0.2, 0.25) is 11.8 Å². The van der Waals surface area contributed by atoms with Crippen LogP contribution in [0.3, 0.4) is 0 Å². The van der Waals surface area contributed by atoms with Gasteiger partial charge in [0.15, 0.2) is 0 Å². The highest BCUT2D eigenvalue weighted by Gasteiger charge is 2.29. The number of nitrogens with two attached hydrogens (primary N) is 1. The summed E-state index contributed by atoms with van der Waals surface area (Å²) >= 11 is 3.37. The maximum Gasteiger partial charge on any atom is 0.259 e. The third-order valence-electron chi connectivity index (χ3n) is 4.14. The smallest absolute Gasteiger partial charge is 0.259 e. The summed E-state index contributed by atoms with van der Waals surface area (Å²) in [4.78, 5) is 30.2. The number of carbonyl (C=O) groups is 2. The number of aromatic nitrogens is 1. The molecule has 2 amide bonds. The Morgan fingerprint density at radius 2 is 2.00 bits per heavy atom. The number of pyridine rings is 1. The number of hydrogen-bond acceptors (Lipinski definition) is 4. The number of nitrogens with zero attached hydrogens (tertiary/aromatic N) is 2. The number of likely N-dealkylation sites (tertiary alicyclic amines) is 1. The topological polar surface area (TPSA) is 85.5 Å². The highest BCUT2D eigenvalue weighted by atomic mass is 79.9. The Kier molecular flexibility index (Phi) is 5.33. The van der Waals surface area contributed by atoms with Gasteiger partial charge in [-0.25, -0.2) is 4.98 Å². The predicted octanol–water partition coefficient (Wildman–Crippen LogP) is 2.97. The third-order valence-corrected chi connectivity index (χ3v) is 4.67. The second kappa shape index (κ2) is 7.65. The molecule has 1 aromatic heterocycles. The summed E-state index contributed by atoms with van der Waals surface area (Å²) in [6.07, 6.45) is 3.05. The maximum absolute atomic E-state index is 12.9. The van der Waals surface area contributed by atoms with Crippen LogP contribution < -0.4 is 10.5 Å². The van der Waals surface area contributed by atoms with Gasteiger partial charge in [0, 0.05) is 23.8 Å². The molecule has 1 atom stereocenters. The summed E-state index contributed by atoms with van der Waals surface area (Å²) in [6, 6.07) is 10.6. The van der Waals surface area contributed by atoms with Gasteiger partial charge >= 0.3 is 0 Å². The zero-order valence-corrected chi connectivity index (χ0v) is 15.1. The quantitative estimate of drug-likeness (QED) is 0.849. The van der Waals surface area contributed by atoms with E-state index in [-0.39, 0.29) is 23.6 Å². The van der Waals surface area contributed by atoms with Gasteiger partial charge in [-0.3, -0.25) is 9.59 Å². The Morgan fingerprint density at radius 3 is 2.72 bits per heavy atom. The number of halogens is 1. The lowest BCUT2D eigenvalue weighted by molar-refractivity contribution is -0.123. The Hall–Kier alpha value is -2.41. The van der Waals surface area contributed by atoms with Crippen LogP contribution in [0, 0.1) is 5.92 Å². The SMILES string of the molecule is NC(=O)C1CCCN(C(=O)c2cccnc2Oc2ccc(Br)cc2)C1. The molecule has 2 aromatic rings. The molecule has 0 aliphatic carbocycles. The first-order valence-corrected chi connectivity index (χ1v) is 8.81. The first-order valence-electron chi connectivity index (χ1n) is 8.01. The first-order chi connectivity index (χ1) is 12.0. The highest BCUT2D eigenvalue weighted by molar-refractivity contribution is 9.10. The number of benzene rings is 1. The third kappa shape index (κ3) is 4.17. The Balaban J connectivity index is 1.81. The number of ether oxygens (including phenoxy) is 1. The lowest BCUT2D eigenvalue weighted by atomic mass is 9.97. The van der Waals surface area contributed by atoms with Crippen LogP contribution in [0.25, 0.3) is 0 Å². The van der Waals surface area contributed by atoms with Crippen molar-refractivity contribution in [1.82, 2.24) is 9.88 Å². The molecule has 0 spiro atoms. The van der Waals surface area contributed by atoms with Gasteiger partial charge in [0.25, 0.3) is 5.91 Å². The van der Waals surface area contributed by atoms with Gasteiger partial charge in [-0.2, -0.15) is 0 Å². The van der Waals surface area contributed by atoms with Crippen molar-refractivity contribution < 1.29 is 14.3 Å². The van der Waals surface area contributed by atoms with Gasteiger partial charge in [-0.1, -0.05) is 15.9 Å². The number of piperidine rings is 1. The van der Waals surface area contributed by atoms with E-state index >= 15 is 0 Å². The fourth-order valence-corrected chi connectivity index (χ4v) is 3.08. The molecule has 1 saturated heterocycles. The molecule has 3 rings (SSSR count). The molecule has 7 heteroatoms. The van der Waals surface area contributed by atoms with Crippen molar-refractivity contribution in [3.05, 3.63) is 52.6 Å². The second-order valence-electron chi connectivity index (χ2n) is 5.90. The second-order valence-corrected chi connectivity index (χ2v) is 6.82. The molecule has 0 radical (unpaired) electrons. The Bertz CT molecular complexity index is 779. The van der Waals surface area contributed by atoms with Crippen molar-refractivity contribution in [2.24, 2.45) is 11.7 Å². The molecule has 1 fully saturated rings. The number of carbonyl (C=O) groups excluding carboxylic acids is 2. The van der Waals surface area contributed by atoms with E-state index in [4.69, 9.17) is 10.5 Å². The van der Waals surface area contributed by atoms with Gasteiger partial charge < -0.3 is 15.4 Å². The molecule has 0 bridgehead atoms. The average molecular weight is 404 g/mol. The van der Waals surface area contributed by atoms with Crippen LogP contribution in [0.4, 0.5) is 0 Å². The fraction of sp³-hybridized carbons (Fsp3) is 0.278. The summed E-state index contributed by atoms with van der Waals surface area (Å²) in [7, 11) is 0. The van der Waals surface area contributed by atoms with E-state index in [2.05, 4.69) is 20.9 Å². The molecular formula is C18H18BrN3O3. The summed E-state index contributed by atoms with van der Waals surface area (Å²) in [5.74, 6) is -0.0352. The minimum Gasteiger partial charge on any atom is -0.438 e. The number of amides is 2. The van der Waals surface area contributed by atoms with Crippen LogP contribution in [0.2, 0.25) is 0 Å². The number of primary amides is 1. The van der Waals surface area contributed by atoms with Crippen molar-refractivity contribution in [2.75, 3.05) is 13.1 Å². The summed E-state index contributed by atoms with van der Waals surface area (Å²) in [6.45, 7) is 0.927. The van der Waals surface area contributed by atoms with Crippen molar-refractivity contribution in [2.45, 2.75) is 12.8 Å². The van der Waals surface area contributed by atoms with Gasteiger partial charge in [0.05, 0.1) is 5.92 Å². The van der Waals surface area contributed by atoms with Gasteiger partial charge in [-0.15, -0.1) is 0 Å². The van der Waals surface area contributed by atoms with E-state index in [1.54, 1.807) is 35.4 Å². The Morgan fingerprint density at radius 1 is 1.24 bits per heavy atom. The zero-order chi connectivity index (χ0) is 17.8. The van der Waals surface area contributed by atoms with Crippen LogP contribution in [-0.4, -0.2) is 34.8 Å².